The maximum absolute atomic E-state index is 12.7. The quantitative estimate of drug-likeness (QED) is 0.562. The van der Waals surface area contributed by atoms with Gasteiger partial charge in [0, 0.05) is 10.9 Å². The van der Waals surface area contributed by atoms with Crippen molar-refractivity contribution >= 4 is 38.6 Å². The number of thiophene rings is 1. The molecule has 8 heteroatoms. The molecule has 0 saturated heterocycles. The van der Waals surface area contributed by atoms with E-state index in [4.69, 9.17) is 16.0 Å². The van der Waals surface area contributed by atoms with Gasteiger partial charge in [-0.3, -0.25) is 4.72 Å². The third-order valence-corrected chi connectivity index (χ3v) is 8.12. The molecule has 3 aromatic rings. The maximum Gasteiger partial charge on any atom is 0.271 e. The van der Waals surface area contributed by atoms with Crippen LogP contribution in [-0.4, -0.2) is 13.4 Å². The lowest BCUT2D eigenvalue weighted by molar-refractivity contribution is 0.458. The molecule has 4 rings (SSSR count). The molecule has 0 atom stereocenters. The van der Waals surface area contributed by atoms with E-state index in [2.05, 4.69) is 9.71 Å². The molecule has 2 aromatic heterocycles. The van der Waals surface area contributed by atoms with E-state index < -0.39 is 10.0 Å². The van der Waals surface area contributed by atoms with E-state index in [1.54, 1.807) is 36.5 Å². The molecule has 0 radical (unpaired) electrons. The smallest absolute Gasteiger partial charge is 0.271 e. The van der Waals surface area contributed by atoms with Gasteiger partial charge in [-0.1, -0.05) is 30.5 Å². The Hall–Kier alpha value is -1.83. The zero-order valence-corrected chi connectivity index (χ0v) is 17.1. The van der Waals surface area contributed by atoms with Crippen LogP contribution in [0.1, 0.15) is 43.1 Å². The van der Waals surface area contributed by atoms with Crippen LogP contribution >= 0.6 is 22.9 Å². The van der Waals surface area contributed by atoms with Crippen molar-refractivity contribution in [3.8, 4) is 10.6 Å². The highest BCUT2D eigenvalue weighted by molar-refractivity contribution is 7.94. The van der Waals surface area contributed by atoms with Gasteiger partial charge in [0.15, 0.2) is 11.7 Å². The first-order chi connectivity index (χ1) is 12.9. The zero-order valence-electron chi connectivity index (χ0n) is 14.7. The van der Waals surface area contributed by atoms with Gasteiger partial charge >= 0.3 is 0 Å². The fourth-order valence-corrected chi connectivity index (χ4v) is 5.70. The number of anilines is 1. The second kappa shape index (κ2) is 7.30. The van der Waals surface area contributed by atoms with Gasteiger partial charge in [-0.25, -0.2) is 13.4 Å². The van der Waals surface area contributed by atoms with Crippen LogP contribution in [0.5, 0.6) is 0 Å². The number of aryl methyl sites for hydroxylation is 1. The summed E-state index contributed by atoms with van der Waals surface area (Å²) in [5.74, 6) is 1.75. The molecule has 1 N–H and O–H groups in total. The van der Waals surface area contributed by atoms with Crippen LogP contribution in [0.3, 0.4) is 0 Å². The molecule has 5 nitrogen and oxygen atoms in total. The lowest BCUT2D eigenvalue weighted by Crippen LogP contribution is -2.11. The van der Waals surface area contributed by atoms with E-state index in [1.807, 2.05) is 6.92 Å². The molecule has 27 heavy (non-hydrogen) atoms. The van der Waals surface area contributed by atoms with Crippen molar-refractivity contribution in [2.24, 2.45) is 0 Å². The molecule has 0 bridgehead atoms. The van der Waals surface area contributed by atoms with Crippen LogP contribution in [0.2, 0.25) is 5.02 Å². The second-order valence-electron chi connectivity index (χ2n) is 6.73. The molecule has 0 spiro atoms. The van der Waals surface area contributed by atoms with Crippen LogP contribution < -0.4 is 4.72 Å². The summed E-state index contributed by atoms with van der Waals surface area (Å²) >= 11 is 7.24. The maximum atomic E-state index is 12.7. The first-order valence-electron chi connectivity index (χ1n) is 8.77. The van der Waals surface area contributed by atoms with Gasteiger partial charge in [-0.15, -0.1) is 11.3 Å². The number of rotatable bonds is 5. The number of halogens is 1. The average molecular weight is 423 g/mol. The van der Waals surface area contributed by atoms with Crippen molar-refractivity contribution in [1.82, 2.24) is 4.98 Å². The van der Waals surface area contributed by atoms with E-state index >= 15 is 0 Å². The number of nitrogens with one attached hydrogen (secondary N) is 1. The minimum Gasteiger partial charge on any atom is -0.440 e. The Kier molecular flexibility index (Phi) is 5.01. The lowest BCUT2D eigenvalue weighted by atomic mass is 10.1. The summed E-state index contributed by atoms with van der Waals surface area (Å²) in [7, 11) is -3.69. The fourth-order valence-electron chi connectivity index (χ4n) is 3.22. The average Bonchev–Trinajstić information content (AvgIpc) is 3.38. The fraction of sp³-hybridized carbons (Fsp3) is 0.316. The van der Waals surface area contributed by atoms with Crippen molar-refractivity contribution in [2.75, 3.05) is 4.72 Å². The summed E-state index contributed by atoms with van der Waals surface area (Å²) in [5, 5.41) is 0.517. The second-order valence-corrected chi connectivity index (χ2v) is 10.1. The first kappa shape index (κ1) is 18.5. The highest BCUT2D eigenvalue weighted by Crippen LogP contribution is 2.37. The number of oxazole rings is 1. The van der Waals surface area contributed by atoms with E-state index in [1.165, 1.54) is 12.8 Å². The molecule has 0 aliphatic heterocycles. The molecule has 1 aromatic carbocycles. The monoisotopic (exact) mass is 422 g/mol. The van der Waals surface area contributed by atoms with E-state index in [-0.39, 0.29) is 4.21 Å². The Labute approximate surface area is 167 Å². The molecule has 1 aliphatic rings. The van der Waals surface area contributed by atoms with Crippen molar-refractivity contribution in [3.63, 3.8) is 0 Å². The number of aromatic nitrogens is 1. The number of sulfonamides is 1. The predicted molar refractivity (Wildman–Crippen MR) is 108 cm³/mol. The molecular formula is C19H19ClN2O3S2. The third kappa shape index (κ3) is 3.90. The van der Waals surface area contributed by atoms with Crippen molar-refractivity contribution < 1.29 is 12.8 Å². The van der Waals surface area contributed by atoms with Gasteiger partial charge in [-0.05, 0) is 49.6 Å². The number of nitrogens with zero attached hydrogens (tertiary/aromatic N) is 1. The molecule has 0 amide bonds. The Bertz CT molecular complexity index is 1070. The van der Waals surface area contributed by atoms with E-state index in [0.29, 0.717) is 22.4 Å². The largest absolute Gasteiger partial charge is 0.440 e. The first-order valence-corrected chi connectivity index (χ1v) is 11.4. The van der Waals surface area contributed by atoms with Crippen LogP contribution in [0.25, 0.3) is 10.6 Å². The highest BCUT2D eigenvalue weighted by atomic mass is 35.5. The van der Waals surface area contributed by atoms with E-state index in [9.17, 15) is 8.42 Å². The van der Waals surface area contributed by atoms with Crippen LogP contribution in [0, 0.1) is 6.92 Å². The molecule has 1 saturated carbocycles. The van der Waals surface area contributed by atoms with Crippen LogP contribution in [0.4, 0.5) is 5.69 Å². The third-order valence-electron chi connectivity index (χ3n) is 4.74. The molecular weight excluding hydrogens is 404 g/mol. The Morgan fingerprint density at radius 3 is 2.74 bits per heavy atom. The molecule has 1 fully saturated rings. The molecule has 0 unspecified atom stereocenters. The van der Waals surface area contributed by atoms with Gasteiger partial charge in [0.05, 0.1) is 16.8 Å². The summed E-state index contributed by atoms with van der Waals surface area (Å²) in [6.07, 6.45) is 6.31. The lowest BCUT2D eigenvalue weighted by Gasteiger charge is -2.07. The Morgan fingerprint density at radius 1 is 1.22 bits per heavy atom. The molecule has 142 valence electrons. The SMILES string of the molecule is Cc1ccc(NS(=O)(=O)c2ccc(-c3cnc(C4CCCC4)o3)s2)cc1Cl. The van der Waals surface area contributed by atoms with Gasteiger partial charge in [-0.2, -0.15) is 0 Å². The topological polar surface area (TPSA) is 72.2 Å². The van der Waals surface area contributed by atoms with Crippen molar-refractivity contribution in [2.45, 2.75) is 42.7 Å². The number of hydrogen-bond donors (Lipinski definition) is 1. The Morgan fingerprint density at radius 2 is 2.00 bits per heavy atom. The van der Waals surface area contributed by atoms with Crippen molar-refractivity contribution in [3.05, 3.63) is 53.0 Å². The summed E-state index contributed by atoms with van der Waals surface area (Å²) in [6, 6.07) is 8.40. The molecule has 1 aliphatic carbocycles. The molecule has 2 heterocycles. The normalized spacial score (nSPS) is 15.3. The van der Waals surface area contributed by atoms with Gasteiger partial charge in [0.1, 0.15) is 4.21 Å². The standard InChI is InChI=1S/C19H19ClN2O3S2/c1-12-6-7-14(10-15(12)20)22-27(23,24)18-9-8-17(26-18)16-11-21-19(25-16)13-4-2-3-5-13/h6-11,13,22H,2-5H2,1H3. The van der Waals surface area contributed by atoms with Crippen LogP contribution in [0.15, 0.2) is 45.2 Å². The summed E-state index contributed by atoms with van der Waals surface area (Å²) < 4.78 is 34.0. The predicted octanol–water partition coefficient (Wildman–Crippen LogP) is 5.82. The van der Waals surface area contributed by atoms with Gasteiger partial charge in [0.25, 0.3) is 10.0 Å². The minimum atomic E-state index is -3.69. The van der Waals surface area contributed by atoms with E-state index in [0.717, 1.165) is 40.5 Å². The van der Waals surface area contributed by atoms with Crippen molar-refractivity contribution in [1.29, 1.82) is 0 Å². The van der Waals surface area contributed by atoms with Crippen LogP contribution in [-0.2, 0) is 10.0 Å². The summed E-state index contributed by atoms with van der Waals surface area (Å²) in [4.78, 5) is 5.14. The van der Waals surface area contributed by atoms with Gasteiger partial charge < -0.3 is 4.42 Å². The zero-order chi connectivity index (χ0) is 19.0. The highest BCUT2D eigenvalue weighted by Gasteiger charge is 2.23. The number of benzene rings is 1. The summed E-state index contributed by atoms with van der Waals surface area (Å²) in [5.41, 5.74) is 1.32. The Balaban J connectivity index is 1.55. The van der Waals surface area contributed by atoms with Gasteiger partial charge in [0.2, 0.25) is 0 Å². The summed E-state index contributed by atoms with van der Waals surface area (Å²) in [6.45, 7) is 1.86. The number of hydrogen-bond acceptors (Lipinski definition) is 5. The minimum absolute atomic E-state index is 0.216.